The van der Waals surface area contributed by atoms with Crippen molar-refractivity contribution in [1.82, 2.24) is 0 Å². The second-order valence-corrected chi connectivity index (χ2v) is 5.17. The fraction of sp³-hybridized carbons (Fsp3) is 0.538. The van der Waals surface area contributed by atoms with Crippen molar-refractivity contribution in [2.24, 2.45) is 0 Å². The lowest BCUT2D eigenvalue weighted by atomic mass is 10.0. The molecule has 1 atom stereocenters. The van der Waals surface area contributed by atoms with Gasteiger partial charge in [-0.05, 0) is 6.42 Å². The van der Waals surface area contributed by atoms with Gasteiger partial charge in [0.1, 0.15) is 17.2 Å². The van der Waals surface area contributed by atoms with E-state index in [0.717, 1.165) is 0 Å². The number of hydrogen-bond acceptors (Lipinski definition) is 3. The van der Waals surface area contributed by atoms with Crippen LogP contribution in [0.15, 0.2) is 12.1 Å². The summed E-state index contributed by atoms with van der Waals surface area (Å²) in [4.78, 5) is -0.528. The lowest BCUT2D eigenvalue weighted by molar-refractivity contribution is -0.135. The van der Waals surface area contributed by atoms with Gasteiger partial charge < -0.3 is 14.2 Å². The molecule has 1 aromatic rings. The molecule has 0 aliphatic carbocycles. The Hall–Kier alpha value is -1.11. The summed E-state index contributed by atoms with van der Waals surface area (Å²) in [5.74, 6) is 1.36. The highest BCUT2D eigenvalue weighted by molar-refractivity contribution is 9.09. The van der Waals surface area contributed by atoms with Crippen LogP contribution in [0, 0.1) is 0 Å². The lowest BCUT2D eigenvalue weighted by Gasteiger charge is -2.19. The van der Waals surface area contributed by atoms with E-state index in [4.69, 9.17) is 14.2 Å². The van der Waals surface area contributed by atoms with Gasteiger partial charge in [0.05, 0.1) is 26.9 Å². The third-order valence-corrected chi connectivity index (χ3v) is 3.66. The predicted octanol–water partition coefficient (Wildman–Crippen LogP) is 4.49. The molecule has 0 aromatic heterocycles. The minimum Gasteiger partial charge on any atom is -0.496 e. The topological polar surface area (TPSA) is 27.7 Å². The van der Waals surface area contributed by atoms with Crippen molar-refractivity contribution in [3.05, 3.63) is 17.7 Å². The van der Waals surface area contributed by atoms with Crippen LogP contribution in [0.4, 0.5) is 13.2 Å². The number of methoxy groups -OCH3 is 3. The van der Waals surface area contributed by atoms with Crippen molar-refractivity contribution in [2.45, 2.75) is 23.8 Å². The second kappa shape index (κ2) is 7.06. The quantitative estimate of drug-likeness (QED) is 0.702. The van der Waals surface area contributed by atoms with Crippen LogP contribution in [0.2, 0.25) is 0 Å². The molecular formula is C13H16BrF3O3. The molecule has 0 aliphatic rings. The predicted molar refractivity (Wildman–Crippen MR) is 73.1 cm³/mol. The molecule has 0 N–H and O–H groups in total. The molecule has 0 fully saturated rings. The Morgan fingerprint density at radius 2 is 1.55 bits per heavy atom. The van der Waals surface area contributed by atoms with E-state index < -0.39 is 17.4 Å². The van der Waals surface area contributed by atoms with Crippen LogP contribution >= 0.6 is 15.9 Å². The Kier molecular flexibility index (Phi) is 5.98. The van der Waals surface area contributed by atoms with Gasteiger partial charge in [0, 0.05) is 23.4 Å². The summed E-state index contributed by atoms with van der Waals surface area (Å²) in [7, 11) is 4.38. The monoisotopic (exact) mass is 356 g/mol. The van der Waals surface area contributed by atoms with Crippen molar-refractivity contribution < 1.29 is 27.4 Å². The number of halogens is 4. The van der Waals surface area contributed by atoms with E-state index >= 15 is 0 Å². The smallest absolute Gasteiger partial charge is 0.389 e. The summed E-state index contributed by atoms with van der Waals surface area (Å²) < 4.78 is 52.5. The molecular weight excluding hydrogens is 341 g/mol. The minimum atomic E-state index is -4.20. The number of benzene rings is 1. The Bertz CT molecular complexity index is 424. The van der Waals surface area contributed by atoms with Crippen molar-refractivity contribution in [3.63, 3.8) is 0 Å². The maximum Gasteiger partial charge on any atom is 0.389 e. The summed E-state index contributed by atoms with van der Waals surface area (Å²) in [6.45, 7) is 0. The molecule has 7 heteroatoms. The van der Waals surface area contributed by atoms with Gasteiger partial charge >= 0.3 is 6.18 Å². The molecule has 0 bridgehead atoms. The average molecular weight is 357 g/mol. The van der Waals surface area contributed by atoms with E-state index in [1.807, 2.05) is 0 Å². The van der Waals surface area contributed by atoms with Crippen molar-refractivity contribution >= 4 is 15.9 Å². The van der Waals surface area contributed by atoms with Crippen LogP contribution in [0.5, 0.6) is 17.2 Å². The summed E-state index contributed by atoms with van der Waals surface area (Å²) in [5, 5.41) is 0. The molecule has 0 radical (unpaired) electrons. The molecule has 0 aliphatic heterocycles. The first-order valence-electron chi connectivity index (χ1n) is 5.83. The molecule has 0 saturated carbocycles. The van der Waals surface area contributed by atoms with Gasteiger partial charge in [-0.25, -0.2) is 0 Å². The maximum absolute atomic E-state index is 12.3. The summed E-state index contributed by atoms with van der Waals surface area (Å²) in [6.07, 6.45) is -5.19. The van der Waals surface area contributed by atoms with Gasteiger partial charge in [0.15, 0.2) is 0 Å². The van der Waals surface area contributed by atoms with Gasteiger partial charge in [-0.1, -0.05) is 15.9 Å². The van der Waals surface area contributed by atoms with E-state index in [0.29, 0.717) is 22.8 Å². The molecule has 114 valence electrons. The van der Waals surface area contributed by atoms with E-state index in [-0.39, 0.29) is 6.42 Å². The Balaban J connectivity index is 3.08. The zero-order chi connectivity index (χ0) is 15.3. The van der Waals surface area contributed by atoms with Crippen molar-refractivity contribution in [3.8, 4) is 17.2 Å². The molecule has 0 saturated heterocycles. The third-order valence-electron chi connectivity index (χ3n) is 2.75. The highest BCUT2D eigenvalue weighted by Crippen LogP contribution is 2.44. The third kappa shape index (κ3) is 4.47. The fourth-order valence-corrected chi connectivity index (χ4v) is 2.46. The summed E-state index contributed by atoms with van der Waals surface area (Å²) in [5.41, 5.74) is 0.542. The molecule has 0 heterocycles. The van der Waals surface area contributed by atoms with E-state index in [1.165, 1.54) is 21.3 Å². The molecule has 1 unspecified atom stereocenters. The van der Waals surface area contributed by atoms with Gasteiger partial charge in [0.2, 0.25) is 0 Å². The number of hydrogen-bond donors (Lipinski definition) is 0. The van der Waals surface area contributed by atoms with Crippen LogP contribution in [0.25, 0.3) is 0 Å². The van der Waals surface area contributed by atoms with Gasteiger partial charge in [-0.15, -0.1) is 0 Å². The Morgan fingerprint density at radius 3 is 1.90 bits per heavy atom. The first-order chi connectivity index (χ1) is 9.32. The van der Waals surface area contributed by atoms with Crippen LogP contribution in [-0.4, -0.2) is 27.5 Å². The molecule has 1 rings (SSSR count). The number of alkyl halides is 4. The highest BCUT2D eigenvalue weighted by atomic mass is 79.9. The molecule has 0 amide bonds. The molecule has 3 nitrogen and oxygen atoms in total. The number of ether oxygens (including phenoxy) is 3. The lowest BCUT2D eigenvalue weighted by Crippen LogP contribution is -2.09. The van der Waals surface area contributed by atoms with Gasteiger partial charge in [-0.3, -0.25) is 0 Å². The molecule has 1 aromatic carbocycles. The summed E-state index contributed by atoms with van der Waals surface area (Å²) >= 11 is 3.27. The zero-order valence-electron chi connectivity index (χ0n) is 11.4. The SMILES string of the molecule is COc1cc(OC)c(C(Br)CCC(F)(F)F)c(OC)c1. The van der Waals surface area contributed by atoms with E-state index in [2.05, 4.69) is 15.9 Å². The maximum atomic E-state index is 12.3. The van der Waals surface area contributed by atoms with Crippen LogP contribution in [-0.2, 0) is 0 Å². The van der Waals surface area contributed by atoms with Gasteiger partial charge in [0.25, 0.3) is 0 Å². The van der Waals surface area contributed by atoms with E-state index in [1.54, 1.807) is 12.1 Å². The highest BCUT2D eigenvalue weighted by Gasteiger charge is 2.30. The first kappa shape index (κ1) is 16.9. The van der Waals surface area contributed by atoms with Crippen molar-refractivity contribution in [2.75, 3.05) is 21.3 Å². The average Bonchev–Trinajstić information content (AvgIpc) is 2.42. The number of rotatable bonds is 6. The van der Waals surface area contributed by atoms with Gasteiger partial charge in [-0.2, -0.15) is 13.2 Å². The minimum absolute atomic E-state index is 0.109. The van der Waals surface area contributed by atoms with Crippen LogP contribution in [0.3, 0.4) is 0 Å². The second-order valence-electron chi connectivity index (χ2n) is 4.07. The molecule has 20 heavy (non-hydrogen) atoms. The van der Waals surface area contributed by atoms with Crippen molar-refractivity contribution in [1.29, 1.82) is 0 Å². The largest absolute Gasteiger partial charge is 0.496 e. The Labute approximate surface area is 124 Å². The molecule has 0 spiro atoms. The zero-order valence-corrected chi connectivity index (χ0v) is 13.0. The normalized spacial score (nSPS) is 12.9. The Morgan fingerprint density at radius 1 is 1.05 bits per heavy atom. The first-order valence-corrected chi connectivity index (χ1v) is 6.74. The standard InChI is InChI=1S/C13H16BrF3O3/c1-18-8-6-10(19-2)12(11(7-8)20-3)9(14)4-5-13(15,16)17/h6-7,9H,4-5H2,1-3H3. The van der Waals surface area contributed by atoms with Crippen LogP contribution in [0.1, 0.15) is 23.2 Å². The summed E-state index contributed by atoms with van der Waals surface area (Å²) in [6, 6.07) is 3.22. The van der Waals surface area contributed by atoms with E-state index in [9.17, 15) is 13.2 Å². The van der Waals surface area contributed by atoms with Crippen LogP contribution < -0.4 is 14.2 Å². The fourth-order valence-electron chi connectivity index (χ4n) is 1.78.